The van der Waals surface area contributed by atoms with Crippen LogP contribution in [0.15, 0.2) is 24.3 Å². The zero-order valence-corrected chi connectivity index (χ0v) is 12.6. The minimum Gasteiger partial charge on any atom is -0.388 e. The van der Waals surface area contributed by atoms with Gasteiger partial charge in [0, 0.05) is 25.1 Å². The molecule has 0 radical (unpaired) electrons. The molecular formula is C17H25F2NO. The maximum absolute atomic E-state index is 13.1. The lowest BCUT2D eigenvalue weighted by Crippen LogP contribution is -2.28. The van der Waals surface area contributed by atoms with E-state index in [1.165, 1.54) is 0 Å². The monoisotopic (exact) mass is 297 g/mol. The van der Waals surface area contributed by atoms with Crippen molar-refractivity contribution >= 4 is 5.69 Å². The van der Waals surface area contributed by atoms with Crippen molar-refractivity contribution in [2.75, 3.05) is 11.9 Å². The SMILES string of the molecule is CCCC(O)c1cccc(NCC2CCC(F)(F)CC2)c1. The summed E-state index contributed by atoms with van der Waals surface area (Å²) in [6.07, 6.45) is 2.44. The van der Waals surface area contributed by atoms with E-state index in [-0.39, 0.29) is 12.8 Å². The van der Waals surface area contributed by atoms with Gasteiger partial charge in [0.05, 0.1) is 6.10 Å². The molecule has 2 rings (SSSR count). The van der Waals surface area contributed by atoms with Crippen LogP contribution in [0.4, 0.5) is 14.5 Å². The lowest BCUT2D eigenvalue weighted by Gasteiger charge is -2.28. The fraction of sp³-hybridized carbons (Fsp3) is 0.647. The molecule has 1 atom stereocenters. The molecule has 1 unspecified atom stereocenters. The van der Waals surface area contributed by atoms with Crippen molar-refractivity contribution in [2.45, 2.75) is 57.5 Å². The van der Waals surface area contributed by atoms with Crippen molar-refractivity contribution in [1.82, 2.24) is 0 Å². The van der Waals surface area contributed by atoms with E-state index < -0.39 is 12.0 Å². The van der Waals surface area contributed by atoms with Gasteiger partial charge in [-0.2, -0.15) is 0 Å². The Hall–Kier alpha value is -1.16. The second-order valence-electron chi connectivity index (χ2n) is 6.11. The van der Waals surface area contributed by atoms with Crippen molar-refractivity contribution in [3.05, 3.63) is 29.8 Å². The Kier molecular flexibility index (Phi) is 5.57. The minimum atomic E-state index is -2.46. The fourth-order valence-corrected chi connectivity index (χ4v) is 2.86. The maximum Gasteiger partial charge on any atom is 0.248 e. The van der Waals surface area contributed by atoms with Gasteiger partial charge < -0.3 is 10.4 Å². The van der Waals surface area contributed by atoms with E-state index in [1.54, 1.807) is 0 Å². The molecule has 2 N–H and O–H groups in total. The van der Waals surface area contributed by atoms with Crippen LogP contribution in [-0.4, -0.2) is 17.6 Å². The van der Waals surface area contributed by atoms with Gasteiger partial charge >= 0.3 is 0 Å². The second kappa shape index (κ2) is 7.21. The molecule has 2 nitrogen and oxygen atoms in total. The van der Waals surface area contributed by atoms with Crippen molar-refractivity contribution in [2.24, 2.45) is 5.92 Å². The van der Waals surface area contributed by atoms with Crippen LogP contribution in [0.3, 0.4) is 0 Å². The Morgan fingerprint density at radius 1 is 1.33 bits per heavy atom. The van der Waals surface area contributed by atoms with Gasteiger partial charge in [-0.3, -0.25) is 0 Å². The van der Waals surface area contributed by atoms with Crippen LogP contribution in [-0.2, 0) is 0 Å². The van der Waals surface area contributed by atoms with Crippen LogP contribution in [0, 0.1) is 5.92 Å². The molecule has 0 spiro atoms. The number of alkyl halides is 2. The molecule has 1 fully saturated rings. The second-order valence-corrected chi connectivity index (χ2v) is 6.11. The van der Waals surface area contributed by atoms with Crippen LogP contribution in [0.1, 0.15) is 57.1 Å². The summed E-state index contributed by atoms with van der Waals surface area (Å²) in [5.41, 5.74) is 1.87. The van der Waals surface area contributed by atoms with Gasteiger partial charge in [-0.05, 0) is 42.9 Å². The molecule has 0 saturated heterocycles. The molecule has 0 amide bonds. The molecule has 118 valence electrons. The number of rotatable bonds is 6. The molecule has 1 saturated carbocycles. The van der Waals surface area contributed by atoms with E-state index in [9.17, 15) is 13.9 Å². The molecule has 0 bridgehead atoms. The van der Waals surface area contributed by atoms with Gasteiger partial charge in [-0.25, -0.2) is 8.78 Å². The molecular weight excluding hydrogens is 272 g/mol. The van der Waals surface area contributed by atoms with E-state index >= 15 is 0 Å². The van der Waals surface area contributed by atoms with Crippen LogP contribution in [0.25, 0.3) is 0 Å². The highest BCUT2D eigenvalue weighted by molar-refractivity contribution is 5.46. The van der Waals surface area contributed by atoms with Crippen LogP contribution < -0.4 is 5.32 Å². The largest absolute Gasteiger partial charge is 0.388 e. The smallest absolute Gasteiger partial charge is 0.248 e. The zero-order chi connectivity index (χ0) is 15.3. The third-order valence-corrected chi connectivity index (χ3v) is 4.27. The highest BCUT2D eigenvalue weighted by Crippen LogP contribution is 2.36. The van der Waals surface area contributed by atoms with Crippen molar-refractivity contribution in [3.8, 4) is 0 Å². The van der Waals surface area contributed by atoms with Crippen LogP contribution in [0.2, 0.25) is 0 Å². The molecule has 1 aliphatic carbocycles. The zero-order valence-electron chi connectivity index (χ0n) is 12.6. The summed E-state index contributed by atoms with van der Waals surface area (Å²) >= 11 is 0. The first kappa shape index (κ1) is 16.2. The third kappa shape index (κ3) is 4.95. The molecule has 0 aliphatic heterocycles. The fourth-order valence-electron chi connectivity index (χ4n) is 2.86. The summed E-state index contributed by atoms with van der Waals surface area (Å²) in [7, 11) is 0. The molecule has 21 heavy (non-hydrogen) atoms. The first-order valence-electron chi connectivity index (χ1n) is 7.90. The van der Waals surface area contributed by atoms with Crippen LogP contribution >= 0.6 is 0 Å². The summed E-state index contributed by atoms with van der Waals surface area (Å²) < 4.78 is 26.2. The number of anilines is 1. The van der Waals surface area contributed by atoms with Gasteiger partial charge in [0.15, 0.2) is 0 Å². The minimum absolute atomic E-state index is 0.00853. The van der Waals surface area contributed by atoms with Crippen molar-refractivity contribution in [3.63, 3.8) is 0 Å². The number of aliphatic hydroxyl groups excluding tert-OH is 1. The summed E-state index contributed by atoms with van der Waals surface area (Å²) in [6, 6.07) is 7.76. The predicted molar refractivity (Wildman–Crippen MR) is 81.7 cm³/mol. The Labute approximate surface area is 125 Å². The van der Waals surface area contributed by atoms with E-state index in [0.29, 0.717) is 18.8 Å². The Bertz CT molecular complexity index is 440. The average Bonchev–Trinajstić information content (AvgIpc) is 2.47. The summed E-state index contributed by atoms with van der Waals surface area (Å²) in [5, 5.41) is 13.3. The molecule has 1 aliphatic rings. The molecule has 0 aromatic heterocycles. The number of hydrogen-bond donors (Lipinski definition) is 2. The topological polar surface area (TPSA) is 32.3 Å². The lowest BCUT2D eigenvalue weighted by molar-refractivity contribution is -0.0443. The normalized spacial score (nSPS) is 20.2. The first-order chi connectivity index (χ1) is 10.00. The third-order valence-electron chi connectivity index (χ3n) is 4.27. The summed E-state index contributed by atoms with van der Waals surface area (Å²) in [4.78, 5) is 0. The molecule has 4 heteroatoms. The number of hydrogen-bond acceptors (Lipinski definition) is 2. The number of benzene rings is 1. The average molecular weight is 297 g/mol. The molecule has 0 heterocycles. The lowest BCUT2D eigenvalue weighted by atomic mass is 9.87. The van der Waals surface area contributed by atoms with Gasteiger partial charge in [-0.1, -0.05) is 25.5 Å². The van der Waals surface area contributed by atoms with E-state index in [4.69, 9.17) is 0 Å². The molecule has 1 aromatic rings. The standard InChI is InChI=1S/C17H25F2NO/c1-2-4-16(21)14-5-3-6-15(11-14)20-12-13-7-9-17(18,19)10-8-13/h3,5-6,11,13,16,20-21H,2,4,7-10,12H2,1H3. The maximum atomic E-state index is 13.1. The van der Waals surface area contributed by atoms with E-state index in [0.717, 1.165) is 30.6 Å². The van der Waals surface area contributed by atoms with Gasteiger partial charge in [0.1, 0.15) is 0 Å². The Balaban J connectivity index is 1.85. The number of nitrogens with one attached hydrogen (secondary N) is 1. The van der Waals surface area contributed by atoms with Crippen molar-refractivity contribution in [1.29, 1.82) is 0 Å². The summed E-state index contributed by atoms with van der Waals surface area (Å²) in [6.45, 7) is 2.77. The van der Waals surface area contributed by atoms with Gasteiger partial charge in [0.25, 0.3) is 0 Å². The quantitative estimate of drug-likeness (QED) is 0.793. The first-order valence-corrected chi connectivity index (χ1v) is 7.90. The van der Waals surface area contributed by atoms with Crippen molar-refractivity contribution < 1.29 is 13.9 Å². The number of aliphatic hydroxyl groups is 1. The van der Waals surface area contributed by atoms with Gasteiger partial charge in [-0.15, -0.1) is 0 Å². The predicted octanol–water partition coefficient (Wildman–Crippen LogP) is 4.76. The van der Waals surface area contributed by atoms with E-state index in [2.05, 4.69) is 5.32 Å². The molecule has 1 aromatic carbocycles. The highest BCUT2D eigenvalue weighted by atomic mass is 19.3. The Morgan fingerprint density at radius 2 is 2.05 bits per heavy atom. The van der Waals surface area contributed by atoms with Gasteiger partial charge in [0.2, 0.25) is 5.92 Å². The number of halogens is 2. The summed E-state index contributed by atoms with van der Waals surface area (Å²) in [5.74, 6) is -2.14. The Morgan fingerprint density at radius 3 is 2.71 bits per heavy atom. The van der Waals surface area contributed by atoms with E-state index in [1.807, 2.05) is 31.2 Å². The highest BCUT2D eigenvalue weighted by Gasteiger charge is 2.34. The van der Waals surface area contributed by atoms with Crippen LogP contribution in [0.5, 0.6) is 0 Å².